The van der Waals surface area contributed by atoms with Crippen molar-refractivity contribution in [1.29, 1.82) is 0 Å². The van der Waals surface area contributed by atoms with E-state index in [1.807, 2.05) is 67.6 Å². The predicted molar refractivity (Wildman–Crippen MR) is 144 cm³/mol. The first-order valence-corrected chi connectivity index (χ1v) is 12.6. The lowest BCUT2D eigenvalue weighted by molar-refractivity contribution is -0.139. The summed E-state index contributed by atoms with van der Waals surface area (Å²) in [7, 11) is 0. The van der Waals surface area contributed by atoms with Crippen LogP contribution in [0.2, 0.25) is 0 Å². The van der Waals surface area contributed by atoms with Crippen LogP contribution in [0.25, 0.3) is 22.2 Å². The van der Waals surface area contributed by atoms with E-state index >= 15 is 0 Å². The Morgan fingerprint density at radius 3 is 2.44 bits per heavy atom. The van der Waals surface area contributed by atoms with Crippen LogP contribution in [-0.2, 0) is 21.6 Å². The molecule has 0 spiro atoms. The summed E-state index contributed by atoms with van der Waals surface area (Å²) in [6.45, 7) is 3.64. The Balaban J connectivity index is 1.49. The van der Waals surface area contributed by atoms with Gasteiger partial charge in [0, 0.05) is 29.4 Å². The summed E-state index contributed by atoms with van der Waals surface area (Å²) in [4.78, 5) is 41.3. The fourth-order valence-electron chi connectivity index (χ4n) is 5.18. The molecule has 1 aliphatic heterocycles. The Morgan fingerprint density at radius 1 is 0.949 bits per heavy atom. The zero-order valence-corrected chi connectivity index (χ0v) is 21.4. The van der Waals surface area contributed by atoms with Crippen molar-refractivity contribution in [2.24, 2.45) is 0 Å². The Bertz CT molecular complexity index is 1700. The second-order valence-electron chi connectivity index (χ2n) is 9.68. The summed E-state index contributed by atoms with van der Waals surface area (Å²) in [6.07, 6.45) is 1.04. The van der Waals surface area contributed by atoms with E-state index in [1.165, 1.54) is 12.1 Å². The molecular formula is C31H25FN4O3. The maximum atomic E-state index is 14.2. The molecule has 7 nitrogen and oxygen atoms in total. The van der Waals surface area contributed by atoms with Gasteiger partial charge in [-0.25, -0.2) is 19.1 Å². The number of amides is 2. The number of rotatable bonds is 6. The number of para-hydroxylation sites is 1. The average molecular weight is 521 g/mol. The van der Waals surface area contributed by atoms with Crippen LogP contribution >= 0.6 is 0 Å². The zero-order valence-electron chi connectivity index (χ0n) is 21.4. The van der Waals surface area contributed by atoms with Gasteiger partial charge in [0.1, 0.15) is 5.82 Å². The number of H-pyrrole nitrogens is 1. The monoisotopic (exact) mass is 520 g/mol. The SMILES string of the molecule is Cc1ncccc1-c1cccc2[nH]c([C@@]3(Cc4ccccc4)OC(=O)N([C@H](C)c4ccc(F)cc4)C3=O)nc12. The van der Waals surface area contributed by atoms with Crippen molar-refractivity contribution in [3.8, 4) is 11.1 Å². The highest BCUT2D eigenvalue weighted by Gasteiger charge is 2.58. The molecule has 2 amide bonds. The van der Waals surface area contributed by atoms with Crippen molar-refractivity contribution in [1.82, 2.24) is 19.9 Å². The molecule has 1 N–H and O–H groups in total. The maximum absolute atomic E-state index is 14.2. The number of benzene rings is 3. The van der Waals surface area contributed by atoms with Crippen molar-refractivity contribution in [3.63, 3.8) is 0 Å². The van der Waals surface area contributed by atoms with Gasteiger partial charge in [0.2, 0.25) is 0 Å². The van der Waals surface area contributed by atoms with E-state index in [0.29, 0.717) is 16.6 Å². The number of cyclic esters (lactones) is 1. The third-order valence-corrected chi connectivity index (χ3v) is 7.25. The minimum Gasteiger partial charge on any atom is -0.424 e. The minimum atomic E-state index is -1.72. The van der Waals surface area contributed by atoms with E-state index in [0.717, 1.165) is 27.3 Å². The normalized spacial score (nSPS) is 18.0. The molecule has 0 bridgehead atoms. The second kappa shape index (κ2) is 9.47. The highest BCUT2D eigenvalue weighted by atomic mass is 19.1. The molecule has 0 aliphatic carbocycles. The molecule has 194 valence electrons. The molecule has 1 fully saturated rings. The predicted octanol–water partition coefficient (Wildman–Crippen LogP) is 6.25. The van der Waals surface area contributed by atoms with Crippen molar-refractivity contribution in [3.05, 3.63) is 120 Å². The van der Waals surface area contributed by atoms with E-state index in [1.54, 1.807) is 25.3 Å². The minimum absolute atomic E-state index is 0.0894. The number of aromatic nitrogens is 3. The standard InChI is InChI=1S/C31H25FN4O3/c1-19-24(11-7-17-33-19)25-10-6-12-26-27(25)35-28(34-26)31(18-21-8-4-3-5-9-21)29(37)36(30(38)39-31)20(2)22-13-15-23(32)16-14-22/h3-17,20H,18H2,1-2H3,(H,34,35)/t20-,31-/m1/s1. The van der Waals surface area contributed by atoms with E-state index in [-0.39, 0.29) is 12.2 Å². The summed E-state index contributed by atoms with van der Waals surface area (Å²) in [6, 6.07) is 24.0. The molecule has 5 aromatic rings. The maximum Gasteiger partial charge on any atom is 0.418 e. The fraction of sp³-hybridized carbons (Fsp3) is 0.161. The highest BCUT2D eigenvalue weighted by Crippen LogP contribution is 2.42. The van der Waals surface area contributed by atoms with Gasteiger partial charge >= 0.3 is 6.09 Å². The Hall–Kier alpha value is -4.85. The van der Waals surface area contributed by atoms with Crippen LogP contribution in [0.15, 0.2) is 91.1 Å². The first-order valence-electron chi connectivity index (χ1n) is 12.6. The lowest BCUT2D eigenvalue weighted by Gasteiger charge is -2.25. The Labute approximate surface area is 224 Å². The number of carbonyl (C=O) groups is 2. The number of aromatic amines is 1. The largest absolute Gasteiger partial charge is 0.424 e. The van der Waals surface area contributed by atoms with Crippen LogP contribution in [-0.4, -0.2) is 31.9 Å². The first kappa shape index (κ1) is 24.5. The van der Waals surface area contributed by atoms with Gasteiger partial charge in [-0.3, -0.25) is 9.78 Å². The Kier molecular flexibility index (Phi) is 5.95. The number of aryl methyl sites for hydroxylation is 1. The van der Waals surface area contributed by atoms with E-state index in [9.17, 15) is 14.0 Å². The van der Waals surface area contributed by atoms with Gasteiger partial charge in [0.15, 0.2) is 5.82 Å². The lowest BCUT2D eigenvalue weighted by Crippen LogP contribution is -2.42. The molecular weight excluding hydrogens is 495 g/mol. The van der Waals surface area contributed by atoms with Crippen LogP contribution in [0.5, 0.6) is 0 Å². The van der Waals surface area contributed by atoms with E-state index < -0.39 is 29.5 Å². The molecule has 3 aromatic carbocycles. The number of fused-ring (bicyclic) bond motifs is 1. The van der Waals surface area contributed by atoms with Gasteiger partial charge in [0.05, 0.1) is 17.1 Å². The average Bonchev–Trinajstić information content (AvgIpc) is 3.49. The van der Waals surface area contributed by atoms with Crippen LogP contribution < -0.4 is 0 Å². The molecule has 1 aliphatic rings. The molecule has 0 unspecified atom stereocenters. The number of ether oxygens (including phenoxy) is 1. The van der Waals surface area contributed by atoms with Gasteiger partial charge in [-0.2, -0.15) is 0 Å². The number of nitrogens with one attached hydrogen (secondary N) is 1. The molecule has 6 rings (SSSR count). The number of imidazole rings is 1. The molecule has 2 atom stereocenters. The Morgan fingerprint density at radius 2 is 1.69 bits per heavy atom. The molecule has 1 saturated heterocycles. The van der Waals surface area contributed by atoms with Gasteiger partial charge in [-0.15, -0.1) is 0 Å². The number of hydrogen-bond acceptors (Lipinski definition) is 5. The quantitative estimate of drug-likeness (QED) is 0.286. The van der Waals surface area contributed by atoms with Crippen LogP contribution in [0, 0.1) is 12.7 Å². The molecule has 0 radical (unpaired) electrons. The van der Waals surface area contributed by atoms with E-state index in [4.69, 9.17) is 9.72 Å². The third-order valence-electron chi connectivity index (χ3n) is 7.25. The topological polar surface area (TPSA) is 88.2 Å². The van der Waals surface area contributed by atoms with Crippen molar-refractivity contribution >= 4 is 23.0 Å². The molecule has 2 aromatic heterocycles. The molecule has 8 heteroatoms. The smallest absolute Gasteiger partial charge is 0.418 e. The summed E-state index contributed by atoms with van der Waals surface area (Å²) in [5.41, 5.74) is 3.65. The third kappa shape index (κ3) is 4.14. The summed E-state index contributed by atoms with van der Waals surface area (Å²) in [5.74, 6) is -0.699. The summed E-state index contributed by atoms with van der Waals surface area (Å²) in [5, 5.41) is 0. The van der Waals surface area contributed by atoms with Crippen LogP contribution in [0.3, 0.4) is 0 Å². The molecule has 39 heavy (non-hydrogen) atoms. The number of carbonyl (C=O) groups excluding carboxylic acids is 2. The van der Waals surface area contributed by atoms with Gasteiger partial charge in [-0.1, -0.05) is 60.7 Å². The fourth-order valence-corrected chi connectivity index (χ4v) is 5.18. The number of halogens is 1. The van der Waals surface area contributed by atoms with E-state index in [2.05, 4.69) is 9.97 Å². The number of imide groups is 1. The van der Waals surface area contributed by atoms with Crippen LogP contribution in [0.4, 0.5) is 9.18 Å². The molecule has 3 heterocycles. The van der Waals surface area contributed by atoms with Gasteiger partial charge in [-0.05, 0) is 49.2 Å². The highest BCUT2D eigenvalue weighted by molar-refractivity contribution is 6.04. The second-order valence-corrected chi connectivity index (χ2v) is 9.68. The van der Waals surface area contributed by atoms with Crippen molar-refractivity contribution < 1.29 is 18.7 Å². The summed E-state index contributed by atoms with van der Waals surface area (Å²) >= 11 is 0. The number of nitrogens with zero attached hydrogens (tertiary/aromatic N) is 3. The van der Waals surface area contributed by atoms with Crippen LogP contribution in [0.1, 0.15) is 35.6 Å². The molecule has 0 saturated carbocycles. The number of hydrogen-bond donors (Lipinski definition) is 1. The first-order chi connectivity index (χ1) is 18.9. The van der Waals surface area contributed by atoms with Gasteiger partial charge < -0.3 is 9.72 Å². The number of pyridine rings is 1. The lowest BCUT2D eigenvalue weighted by atomic mass is 9.92. The van der Waals surface area contributed by atoms with Crippen molar-refractivity contribution in [2.45, 2.75) is 31.9 Å². The van der Waals surface area contributed by atoms with Gasteiger partial charge in [0.25, 0.3) is 11.5 Å². The summed E-state index contributed by atoms with van der Waals surface area (Å²) < 4.78 is 19.5. The van der Waals surface area contributed by atoms with Crippen molar-refractivity contribution in [2.75, 3.05) is 0 Å². The zero-order chi connectivity index (χ0) is 27.1.